The third-order valence-corrected chi connectivity index (χ3v) is 2.23. The van der Waals surface area contributed by atoms with Gasteiger partial charge in [0.15, 0.2) is 0 Å². The molecule has 3 nitrogen and oxygen atoms in total. The average molecular weight is 338 g/mol. The first kappa shape index (κ1) is 19.6. The second-order valence-corrected chi connectivity index (χ2v) is 3.94. The maximum absolute atomic E-state index is 10.3. The first-order valence-electron chi connectivity index (χ1n) is 6.34. The van der Waals surface area contributed by atoms with Crippen LogP contribution in [0.5, 0.6) is 17.2 Å². The van der Waals surface area contributed by atoms with E-state index < -0.39 is 0 Å². The molecular weight excluding hydrogens is 323 g/mol. The van der Waals surface area contributed by atoms with E-state index in [1.54, 1.807) is 36.4 Å². The molecule has 114 valence electrons. The topological polar surface area (TPSA) is 69.2 Å². The van der Waals surface area contributed by atoms with Gasteiger partial charge in [0.25, 0.3) is 0 Å². The van der Waals surface area contributed by atoms with Crippen molar-refractivity contribution in [1.29, 1.82) is 0 Å². The molecule has 0 bridgehead atoms. The molecule has 3 aromatic rings. The quantitative estimate of drug-likeness (QED) is 0.631. The monoisotopic (exact) mass is 338 g/mol. The summed E-state index contributed by atoms with van der Waals surface area (Å²) in [6, 6.07) is 25.0. The molecule has 4 heteroatoms. The number of hydrogen-bond acceptors (Lipinski definition) is 3. The van der Waals surface area contributed by atoms with Gasteiger partial charge in [-0.05, 0) is 0 Å². The predicted molar refractivity (Wildman–Crippen MR) is 77.7 cm³/mol. The van der Waals surface area contributed by atoms with Gasteiger partial charge >= 0.3 is 16.8 Å². The van der Waals surface area contributed by atoms with Crippen molar-refractivity contribution >= 4 is 0 Å². The molecule has 0 saturated carbocycles. The maximum atomic E-state index is 10.3. The molecule has 0 aromatic heterocycles. The Balaban J connectivity index is 0.000000294. The molecule has 0 amide bonds. The first-order chi connectivity index (χ1) is 10.2. The fourth-order valence-electron chi connectivity index (χ4n) is 1.26. The van der Waals surface area contributed by atoms with Gasteiger partial charge in [0.1, 0.15) is 0 Å². The molecule has 22 heavy (non-hydrogen) atoms. The molecule has 3 rings (SSSR count). The maximum Gasteiger partial charge on any atom is 3.00 e. The molecular formula is C18H15CoO3. The summed E-state index contributed by atoms with van der Waals surface area (Å²) in [5.41, 5.74) is 0. The van der Waals surface area contributed by atoms with Gasteiger partial charge in [0.05, 0.1) is 0 Å². The molecule has 0 atom stereocenters. The van der Waals surface area contributed by atoms with Gasteiger partial charge in [-0.3, -0.25) is 0 Å². The fourth-order valence-corrected chi connectivity index (χ4v) is 1.26. The van der Waals surface area contributed by atoms with Crippen LogP contribution in [-0.4, -0.2) is 0 Å². The Morgan fingerprint density at radius 2 is 0.545 bits per heavy atom. The predicted octanol–water partition coefficient (Wildman–Crippen LogP) is 2.28. The van der Waals surface area contributed by atoms with Crippen molar-refractivity contribution in [2.75, 3.05) is 0 Å². The van der Waals surface area contributed by atoms with Crippen LogP contribution >= 0.6 is 0 Å². The van der Waals surface area contributed by atoms with Crippen molar-refractivity contribution in [3.8, 4) is 17.2 Å². The summed E-state index contributed by atoms with van der Waals surface area (Å²) < 4.78 is 0. The van der Waals surface area contributed by atoms with Gasteiger partial charge < -0.3 is 15.3 Å². The smallest absolute Gasteiger partial charge is 0.872 e. The summed E-state index contributed by atoms with van der Waals surface area (Å²) in [5.74, 6) is 0.215. The van der Waals surface area contributed by atoms with E-state index in [1.165, 1.54) is 36.4 Å². The molecule has 0 aliphatic carbocycles. The minimum absolute atomic E-state index is 0. The van der Waals surface area contributed by atoms with Gasteiger partial charge in [-0.15, -0.1) is 17.2 Å². The van der Waals surface area contributed by atoms with Gasteiger partial charge in [-0.25, -0.2) is 0 Å². The Labute approximate surface area is 140 Å². The van der Waals surface area contributed by atoms with Crippen LogP contribution in [0, 0.1) is 0 Å². The van der Waals surface area contributed by atoms with E-state index in [2.05, 4.69) is 0 Å². The SMILES string of the molecule is [Co+3].[O-]c1ccccc1.[O-]c1ccccc1.[O-]c1ccccc1. The Bertz CT molecular complexity index is 497. The van der Waals surface area contributed by atoms with Crippen LogP contribution in [0.15, 0.2) is 91.0 Å². The molecule has 0 heterocycles. The van der Waals surface area contributed by atoms with E-state index in [1.807, 2.05) is 18.2 Å². The van der Waals surface area contributed by atoms with Crippen LogP contribution in [0.25, 0.3) is 0 Å². The zero-order chi connectivity index (χ0) is 15.3. The van der Waals surface area contributed by atoms with Crippen molar-refractivity contribution in [3.63, 3.8) is 0 Å². The van der Waals surface area contributed by atoms with Crippen molar-refractivity contribution in [2.24, 2.45) is 0 Å². The summed E-state index contributed by atoms with van der Waals surface area (Å²) in [6.07, 6.45) is 0. The fraction of sp³-hybridized carbons (Fsp3) is 0. The van der Waals surface area contributed by atoms with E-state index in [9.17, 15) is 15.3 Å². The van der Waals surface area contributed by atoms with Crippen LogP contribution in [0.1, 0.15) is 0 Å². The van der Waals surface area contributed by atoms with Crippen molar-refractivity contribution in [3.05, 3.63) is 91.0 Å². The number of benzene rings is 3. The van der Waals surface area contributed by atoms with Gasteiger partial charge in [0, 0.05) is 0 Å². The second-order valence-electron chi connectivity index (χ2n) is 3.94. The minimum atomic E-state index is 0. The normalized spacial score (nSPS) is 8.18. The van der Waals surface area contributed by atoms with E-state index in [0.717, 1.165) is 0 Å². The molecule has 0 spiro atoms. The Morgan fingerprint density at radius 3 is 0.636 bits per heavy atom. The van der Waals surface area contributed by atoms with E-state index in [0.29, 0.717) is 0 Å². The van der Waals surface area contributed by atoms with Crippen molar-refractivity contribution in [1.82, 2.24) is 0 Å². The van der Waals surface area contributed by atoms with Gasteiger partial charge in [-0.2, -0.15) is 0 Å². The number of hydrogen-bond donors (Lipinski definition) is 0. The van der Waals surface area contributed by atoms with Gasteiger partial charge in [-0.1, -0.05) is 91.0 Å². The van der Waals surface area contributed by atoms with Crippen molar-refractivity contribution < 1.29 is 32.1 Å². The largest absolute Gasteiger partial charge is 3.00 e. The number of para-hydroxylation sites is 3. The molecule has 0 N–H and O–H groups in total. The third kappa shape index (κ3) is 10.4. The summed E-state index contributed by atoms with van der Waals surface area (Å²) in [4.78, 5) is 0. The zero-order valence-corrected chi connectivity index (χ0v) is 12.8. The molecule has 0 radical (unpaired) electrons. The molecule has 0 aliphatic heterocycles. The first-order valence-corrected chi connectivity index (χ1v) is 6.34. The number of rotatable bonds is 0. The Hall–Kier alpha value is -2.43. The Kier molecular flexibility index (Phi) is 11.0. The van der Waals surface area contributed by atoms with Crippen molar-refractivity contribution in [2.45, 2.75) is 0 Å². The minimum Gasteiger partial charge on any atom is -0.872 e. The molecule has 0 fully saturated rings. The van der Waals surface area contributed by atoms with Crippen LogP contribution < -0.4 is 15.3 Å². The molecule has 0 unspecified atom stereocenters. The molecule has 3 aromatic carbocycles. The zero-order valence-electron chi connectivity index (χ0n) is 11.7. The van der Waals surface area contributed by atoms with Crippen LogP contribution in [0.3, 0.4) is 0 Å². The van der Waals surface area contributed by atoms with E-state index in [-0.39, 0.29) is 34.0 Å². The molecule has 0 aliphatic rings. The van der Waals surface area contributed by atoms with Gasteiger partial charge in [0.2, 0.25) is 0 Å². The van der Waals surface area contributed by atoms with Crippen LogP contribution in [0.4, 0.5) is 0 Å². The summed E-state index contributed by atoms with van der Waals surface area (Å²) >= 11 is 0. The van der Waals surface area contributed by atoms with E-state index >= 15 is 0 Å². The second kappa shape index (κ2) is 12.3. The molecule has 0 saturated heterocycles. The Morgan fingerprint density at radius 1 is 0.364 bits per heavy atom. The standard InChI is InChI=1S/3C6H6O.Co/c3*7-6-4-2-1-3-5-6;/h3*1-5,7H;/q;;;+3/p-3. The van der Waals surface area contributed by atoms with Crippen LogP contribution in [0.2, 0.25) is 0 Å². The van der Waals surface area contributed by atoms with E-state index in [4.69, 9.17) is 0 Å². The summed E-state index contributed by atoms with van der Waals surface area (Å²) in [5, 5.41) is 30.8. The van der Waals surface area contributed by atoms with Crippen LogP contribution in [-0.2, 0) is 16.8 Å². The summed E-state index contributed by atoms with van der Waals surface area (Å²) in [7, 11) is 0. The third-order valence-electron chi connectivity index (χ3n) is 2.23. The summed E-state index contributed by atoms with van der Waals surface area (Å²) in [6.45, 7) is 0. The average Bonchev–Trinajstić information content (AvgIpc) is 2.51.